The van der Waals surface area contributed by atoms with Gasteiger partial charge in [-0.15, -0.1) is 0 Å². The van der Waals surface area contributed by atoms with E-state index in [2.05, 4.69) is 343 Å². The molecule has 0 bridgehead atoms. The van der Waals surface area contributed by atoms with Crippen molar-refractivity contribution < 1.29 is 0 Å². The van der Waals surface area contributed by atoms with Crippen LogP contribution in [-0.2, 0) is 0 Å². The van der Waals surface area contributed by atoms with E-state index in [4.69, 9.17) is 15.0 Å². The van der Waals surface area contributed by atoms with Crippen LogP contribution >= 0.6 is 0 Å². The summed E-state index contributed by atoms with van der Waals surface area (Å²) in [5.74, 6) is 1.75. The normalized spacial score (nSPS) is 11.5. The van der Waals surface area contributed by atoms with Gasteiger partial charge in [0.25, 0.3) is 0 Å². The van der Waals surface area contributed by atoms with Gasteiger partial charge in [0.15, 0.2) is 17.5 Å². The molecule has 18 aromatic rings. The van der Waals surface area contributed by atoms with Gasteiger partial charge < -0.3 is 9.13 Å². The van der Waals surface area contributed by atoms with Crippen molar-refractivity contribution in [3.05, 3.63) is 370 Å². The van der Waals surface area contributed by atoms with E-state index >= 15 is 0 Å². The molecule has 5 heteroatoms. The van der Waals surface area contributed by atoms with Crippen molar-refractivity contribution in [2.75, 3.05) is 0 Å². The Bertz CT molecular complexity index is 5310. The number of hydrogen-bond acceptors (Lipinski definition) is 3. The van der Waals surface area contributed by atoms with Crippen molar-refractivity contribution in [2.24, 2.45) is 0 Å². The molecule has 3 heterocycles. The van der Waals surface area contributed by atoms with Crippen LogP contribution in [0, 0.1) is 0 Å². The highest BCUT2D eigenvalue weighted by molar-refractivity contribution is 6.13. The van der Waals surface area contributed by atoms with Crippen LogP contribution in [0.5, 0.6) is 0 Å². The number of aromatic nitrogens is 5. The average molecular weight is 1250 g/mol. The predicted molar refractivity (Wildman–Crippen MR) is 408 cm³/mol. The second-order valence-corrected chi connectivity index (χ2v) is 25.1. The molecule has 0 radical (unpaired) electrons. The van der Waals surface area contributed by atoms with Crippen LogP contribution in [0.3, 0.4) is 0 Å². The largest absolute Gasteiger partial charge is 0.309 e. The number of rotatable bonds is 13. The Kier molecular flexibility index (Phi) is 14.5. The molecule has 0 N–H and O–H groups in total. The minimum absolute atomic E-state index is 0.562. The molecule has 0 aliphatic rings. The maximum atomic E-state index is 5.44. The molecule has 0 aliphatic carbocycles. The second-order valence-electron chi connectivity index (χ2n) is 25.1. The van der Waals surface area contributed by atoms with Crippen molar-refractivity contribution >= 4 is 43.6 Å². The highest BCUT2D eigenvalue weighted by Crippen LogP contribution is 2.43. The lowest BCUT2D eigenvalue weighted by Crippen LogP contribution is -2.03. The third-order valence-electron chi connectivity index (χ3n) is 19.2. The lowest BCUT2D eigenvalue weighted by molar-refractivity contribution is 1.07. The van der Waals surface area contributed by atoms with Gasteiger partial charge in [0, 0.05) is 49.6 Å². The summed E-state index contributed by atoms with van der Waals surface area (Å²) in [6, 6.07) is 134. The smallest absolute Gasteiger partial charge is 0.164 e. The second kappa shape index (κ2) is 24.7. The maximum Gasteiger partial charge on any atom is 0.164 e. The first-order valence-electron chi connectivity index (χ1n) is 33.4. The zero-order valence-electron chi connectivity index (χ0n) is 53.5. The van der Waals surface area contributed by atoms with Crippen LogP contribution < -0.4 is 0 Å². The van der Waals surface area contributed by atoms with E-state index in [1.165, 1.54) is 44.5 Å². The van der Waals surface area contributed by atoms with Crippen molar-refractivity contribution in [3.8, 4) is 135 Å². The molecule has 0 aliphatic heterocycles. The molecule has 0 fully saturated rings. The summed E-state index contributed by atoms with van der Waals surface area (Å²) in [6.07, 6.45) is 0. The molecular formula is C93H61N5. The summed E-state index contributed by atoms with van der Waals surface area (Å²) in [5, 5.41) is 4.57. The molecule has 0 amide bonds. The predicted octanol–water partition coefficient (Wildman–Crippen LogP) is 24.4. The fourth-order valence-corrected chi connectivity index (χ4v) is 14.2. The Balaban J connectivity index is 0.870. The van der Waals surface area contributed by atoms with E-state index in [9.17, 15) is 0 Å². The van der Waals surface area contributed by atoms with E-state index in [1.54, 1.807) is 0 Å². The Morgan fingerprint density at radius 2 is 0.327 bits per heavy atom. The van der Waals surface area contributed by atoms with Gasteiger partial charge in [-0.3, -0.25) is 0 Å². The molecular weight excluding hydrogens is 1190 g/mol. The monoisotopic (exact) mass is 1250 g/mol. The molecule has 3 aromatic heterocycles. The van der Waals surface area contributed by atoms with Crippen LogP contribution in [0.2, 0.25) is 0 Å². The summed E-state index contributed by atoms with van der Waals surface area (Å²) < 4.78 is 4.89. The van der Waals surface area contributed by atoms with Gasteiger partial charge in [-0.05, 0) is 156 Å². The van der Waals surface area contributed by atoms with E-state index in [-0.39, 0.29) is 0 Å². The summed E-state index contributed by atoms with van der Waals surface area (Å²) in [6.45, 7) is 0. The molecule has 15 aromatic carbocycles. The third kappa shape index (κ3) is 10.8. The fourth-order valence-electron chi connectivity index (χ4n) is 14.2. The Hall–Kier alpha value is -13.1. The van der Waals surface area contributed by atoms with E-state index < -0.39 is 0 Å². The van der Waals surface area contributed by atoms with Gasteiger partial charge in [0.1, 0.15) is 0 Å². The topological polar surface area (TPSA) is 48.5 Å². The van der Waals surface area contributed by atoms with Gasteiger partial charge in [-0.25, -0.2) is 15.0 Å². The third-order valence-corrected chi connectivity index (χ3v) is 19.2. The molecule has 5 nitrogen and oxygen atoms in total. The van der Waals surface area contributed by atoms with Crippen LogP contribution in [-0.4, -0.2) is 24.1 Å². The van der Waals surface area contributed by atoms with Crippen LogP contribution in [0.4, 0.5) is 0 Å². The van der Waals surface area contributed by atoms with Crippen molar-refractivity contribution in [1.82, 2.24) is 24.1 Å². The van der Waals surface area contributed by atoms with Crippen molar-refractivity contribution in [1.29, 1.82) is 0 Å². The fraction of sp³-hybridized carbons (Fsp3) is 0. The highest BCUT2D eigenvalue weighted by Gasteiger charge is 2.22. The number of fused-ring (bicyclic) bond motifs is 6. The SMILES string of the molecule is c1ccc(-c2ccc(-c3ccc4c(c3)c3cc(-c5ccc(-c6ccccc6)cc5)ccc3n4-c3cc(-c4nc(-c5ccccc5)nc(-c5ccccc5)n4)cc(-n4c5ccc(-c6ccc(-c7ccccc7)cc6)cc5c5cc(-c6ccc(-c7ccccc7)cc6)ccc54)c3)cc2)cc1. The van der Waals surface area contributed by atoms with Gasteiger partial charge in [0.2, 0.25) is 0 Å². The summed E-state index contributed by atoms with van der Waals surface area (Å²) in [4.78, 5) is 16.1. The number of nitrogens with zero attached hydrogens (tertiary/aromatic N) is 5. The van der Waals surface area contributed by atoms with Gasteiger partial charge in [-0.1, -0.05) is 303 Å². The molecule has 0 saturated heterocycles. The Morgan fingerprint density at radius 1 is 0.143 bits per heavy atom. The maximum absolute atomic E-state index is 5.44. The number of benzene rings is 15. The molecule has 98 heavy (non-hydrogen) atoms. The molecule has 0 atom stereocenters. The van der Waals surface area contributed by atoms with Crippen molar-refractivity contribution in [3.63, 3.8) is 0 Å². The van der Waals surface area contributed by atoms with E-state index in [0.717, 1.165) is 116 Å². The minimum atomic E-state index is 0.562. The Labute approximate surface area is 568 Å². The summed E-state index contributed by atoms with van der Waals surface area (Å²) in [5.41, 5.74) is 27.5. The molecule has 0 unspecified atom stereocenters. The first-order valence-corrected chi connectivity index (χ1v) is 33.4. The minimum Gasteiger partial charge on any atom is -0.309 e. The summed E-state index contributed by atoms with van der Waals surface area (Å²) >= 11 is 0. The lowest BCUT2D eigenvalue weighted by atomic mass is 9.97. The van der Waals surface area contributed by atoms with Crippen LogP contribution in [0.1, 0.15) is 0 Å². The standard InChI is InChI=1S/C93H61N5/c1-7-19-62(20-8-1)66-31-39-70(40-32-66)76-47-51-87-83(57-76)84-58-77(71-41-33-67(34-42-71)63-21-9-2-10-22-63)48-52-88(84)97(87)81-55-80(93-95-91(74-27-15-5-16-28-74)94-92(96-93)75-29-17-6-18-30-75)56-82(61-81)98-89-53-49-78(72-43-35-68(36-44-72)64-23-11-3-12-24-64)59-85(89)86-60-79(50-54-90(86)98)73-45-37-69(38-46-73)65-25-13-4-14-26-65/h1-61H. The molecule has 0 saturated carbocycles. The lowest BCUT2D eigenvalue weighted by Gasteiger charge is -2.16. The average Bonchev–Trinajstić information content (AvgIpc) is 1.56. The first kappa shape index (κ1) is 57.6. The van der Waals surface area contributed by atoms with E-state index in [1.807, 2.05) is 36.4 Å². The first-order chi connectivity index (χ1) is 48.5. The van der Waals surface area contributed by atoms with E-state index in [0.29, 0.717) is 17.5 Å². The zero-order chi connectivity index (χ0) is 64.9. The Morgan fingerprint density at radius 3 is 0.561 bits per heavy atom. The van der Waals surface area contributed by atoms with Gasteiger partial charge in [0.05, 0.1) is 22.1 Å². The molecule has 0 spiro atoms. The molecule has 18 rings (SSSR count). The molecule has 458 valence electrons. The van der Waals surface area contributed by atoms with Crippen LogP contribution in [0.25, 0.3) is 178 Å². The van der Waals surface area contributed by atoms with Crippen molar-refractivity contribution in [2.45, 2.75) is 0 Å². The van der Waals surface area contributed by atoms with Gasteiger partial charge >= 0.3 is 0 Å². The highest BCUT2D eigenvalue weighted by atomic mass is 15.0. The zero-order valence-corrected chi connectivity index (χ0v) is 53.5. The van der Waals surface area contributed by atoms with Gasteiger partial charge in [-0.2, -0.15) is 0 Å². The van der Waals surface area contributed by atoms with Crippen LogP contribution in [0.15, 0.2) is 370 Å². The summed E-state index contributed by atoms with van der Waals surface area (Å²) in [7, 11) is 0. The quantitative estimate of drug-likeness (QED) is 0.116. The number of hydrogen-bond donors (Lipinski definition) is 0.